The number of allylic oxidation sites excluding steroid dienone is 4. The van der Waals surface area contributed by atoms with Crippen molar-refractivity contribution in [3.63, 3.8) is 0 Å². The molecule has 3 heteroatoms. The van der Waals surface area contributed by atoms with Crippen LogP contribution in [0.1, 0.15) is 45.2 Å². The lowest BCUT2D eigenvalue weighted by molar-refractivity contribution is -0.111. The zero-order valence-corrected chi connectivity index (χ0v) is 14.7. The normalized spacial score (nSPS) is 19.5. The molecule has 0 radical (unpaired) electrons. The van der Waals surface area contributed by atoms with Gasteiger partial charge in [0, 0.05) is 17.0 Å². The molecule has 2 rings (SSSR count). The van der Waals surface area contributed by atoms with E-state index in [-0.39, 0.29) is 17.1 Å². The van der Waals surface area contributed by atoms with E-state index in [1.54, 1.807) is 0 Å². The van der Waals surface area contributed by atoms with Crippen LogP contribution in [0.2, 0.25) is 0 Å². The SMILES string of the molecule is CCC1C=C(Cl)C(=O)C(C)=C1C(C)(C)c1cc(C)ccc1N. The van der Waals surface area contributed by atoms with Crippen molar-refractivity contribution < 1.29 is 4.79 Å². The van der Waals surface area contributed by atoms with Crippen molar-refractivity contribution in [2.75, 3.05) is 5.73 Å². The third-order valence-electron chi connectivity index (χ3n) is 4.68. The molecule has 118 valence electrons. The molecular weight excluding hydrogens is 294 g/mol. The number of anilines is 1. The summed E-state index contributed by atoms with van der Waals surface area (Å²) in [5, 5.41) is 0.334. The van der Waals surface area contributed by atoms with E-state index in [9.17, 15) is 4.79 Å². The molecule has 1 aliphatic carbocycles. The predicted octanol–water partition coefficient (Wildman–Crippen LogP) is 4.90. The Kier molecular flexibility index (Phi) is 4.53. The molecule has 1 atom stereocenters. The zero-order valence-electron chi connectivity index (χ0n) is 14.0. The molecule has 2 N–H and O–H groups in total. The molecule has 1 aliphatic rings. The second kappa shape index (κ2) is 5.92. The number of nitrogens with two attached hydrogens (primary N) is 1. The summed E-state index contributed by atoms with van der Waals surface area (Å²) in [6.45, 7) is 10.3. The van der Waals surface area contributed by atoms with Gasteiger partial charge in [-0.25, -0.2) is 0 Å². The number of rotatable bonds is 3. The molecule has 22 heavy (non-hydrogen) atoms. The topological polar surface area (TPSA) is 43.1 Å². The third-order valence-corrected chi connectivity index (χ3v) is 4.97. The van der Waals surface area contributed by atoms with Crippen molar-refractivity contribution >= 4 is 23.1 Å². The van der Waals surface area contributed by atoms with E-state index in [1.807, 2.05) is 25.1 Å². The van der Waals surface area contributed by atoms with Crippen LogP contribution < -0.4 is 5.73 Å². The van der Waals surface area contributed by atoms with Gasteiger partial charge in [0.05, 0.1) is 5.03 Å². The highest BCUT2D eigenvalue weighted by Crippen LogP contribution is 2.45. The smallest absolute Gasteiger partial charge is 0.199 e. The zero-order chi connectivity index (χ0) is 16.7. The van der Waals surface area contributed by atoms with Crippen LogP contribution in [0.5, 0.6) is 0 Å². The maximum atomic E-state index is 12.3. The van der Waals surface area contributed by atoms with Crippen molar-refractivity contribution in [1.82, 2.24) is 0 Å². The second-order valence-corrected chi connectivity index (χ2v) is 7.02. The Morgan fingerprint density at radius 2 is 1.91 bits per heavy atom. The number of benzene rings is 1. The molecule has 0 aliphatic heterocycles. The van der Waals surface area contributed by atoms with Gasteiger partial charge in [0.1, 0.15) is 0 Å². The lowest BCUT2D eigenvalue weighted by atomic mass is 9.67. The van der Waals surface area contributed by atoms with Gasteiger partial charge in [0.2, 0.25) is 0 Å². The number of nitrogen functional groups attached to an aromatic ring is 1. The molecule has 0 bridgehead atoms. The van der Waals surface area contributed by atoms with Gasteiger partial charge in [-0.1, -0.05) is 56.1 Å². The minimum Gasteiger partial charge on any atom is -0.398 e. The molecule has 1 unspecified atom stereocenters. The molecule has 1 aromatic rings. The number of Topliss-reactive ketones (excluding diaryl/α,β-unsaturated/α-hetero) is 1. The maximum Gasteiger partial charge on any atom is 0.199 e. The quantitative estimate of drug-likeness (QED) is 0.805. The van der Waals surface area contributed by atoms with Crippen LogP contribution in [0.25, 0.3) is 0 Å². The van der Waals surface area contributed by atoms with Gasteiger partial charge in [-0.3, -0.25) is 4.79 Å². The number of carbonyl (C=O) groups is 1. The van der Waals surface area contributed by atoms with Crippen molar-refractivity contribution in [3.8, 4) is 0 Å². The molecule has 0 saturated carbocycles. The molecule has 0 heterocycles. The summed E-state index contributed by atoms with van der Waals surface area (Å²) in [4.78, 5) is 12.3. The second-order valence-electron chi connectivity index (χ2n) is 6.61. The first-order chi connectivity index (χ1) is 10.2. The minimum atomic E-state index is -0.315. The fraction of sp³-hybridized carbons (Fsp3) is 0.421. The number of aryl methyl sites for hydroxylation is 1. The van der Waals surface area contributed by atoms with Crippen LogP contribution in [0, 0.1) is 12.8 Å². The fourth-order valence-corrected chi connectivity index (χ4v) is 3.82. The van der Waals surface area contributed by atoms with Crippen LogP contribution in [-0.2, 0) is 10.2 Å². The number of hydrogen-bond donors (Lipinski definition) is 1. The first kappa shape index (κ1) is 16.8. The van der Waals surface area contributed by atoms with Crippen molar-refractivity contribution in [1.29, 1.82) is 0 Å². The Morgan fingerprint density at radius 1 is 1.27 bits per heavy atom. The Hall–Kier alpha value is -1.54. The van der Waals surface area contributed by atoms with Crippen LogP contribution in [0.4, 0.5) is 5.69 Å². The number of ketones is 1. The molecule has 0 saturated heterocycles. The summed E-state index contributed by atoms with van der Waals surface area (Å²) in [6.07, 6.45) is 2.80. The lowest BCUT2D eigenvalue weighted by Crippen LogP contribution is -2.31. The van der Waals surface area contributed by atoms with Gasteiger partial charge < -0.3 is 5.73 Å². The monoisotopic (exact) mass is 317 g/mol. The Bertz CT molecular complexity index is 683. The summed E-state index contributed by atoms with van der Waals surface area (Å²) in [6, 6.07) is 6.07. The molecule has 1 aromatic carbocycles. The van der Waals surface area contributed by atoms with Gasteiger partial charge in [-0.2, -0.15) is 0 Å². The van der Waals surface area contributed by atoms with Crippen LogP contribution >= 0.6 is 11.6 Å². The van der Waals surface area contributed by atoms with E-state index in [4.69, 9.17) is 17.3 Å². The molecular formula is C19H24ClNO. The van der Waals surface area contributed by atoms with Gasteiger partial charge in [-0.15, -0.1) is 0 Å². The van der Waals surface area contributed by atoms with E-state index in [1.165, 1.54) is 5.56 Å². The minimum absolute atomic E-state index is 0.0688. The van der Waals surface area contributed by atoms with Crippen LogP contribution in [-0.4, -0.2) is 5.78 Å². The third kappa shape index (κ3) is 2.72. The predicted molar refractivity (Wildman–Crippen MR) is 94.0 cm³/mol. The Labute approximate surface area is 138 Å². The standard InChI is InChI=1S/C19H24ClNO/c1-6-13-10-15(20)18(22)12(3)17(13)19(4,5)14-9-11(2)7-8-16(14)21/h7-10,13H,6,21H2,1-5H3. The number of halogens is 1. The van der Waals surface area contributed by atoms with Crippen molar-refractivity contribution in [2.45, 2.75) is 46.5 Å². The molecule has 0 aromatic heterocycles. The molecule has 0 fully saturated rings. The largest absolute Gasteiger partial charge is 0.398 e. The van der Waals surface area contributed by atoms with E-state index < -0.39 is 0 Å². The highest BCUT2D eigenvalue weighted by molar-refractivity contribution is 6.45. The fourth-order valence-electron chi connectivity index (χ4n) is 3.53. The van der Waals surface area contributed by atoms with Gasteiger partial charge in [0.25, 0.3) is 0 Å². The molecule has 2 nitrogen and oxygen atoms in total. The van der Waals surface area contributed by atoms with Crippen LogP contribution in [0.3, 0.4) is 0 Å². The maximum absolute atomic E-state index is 12.3. The highest BCUT2D eigenvalue weighted by atomic mass is 35.5. The number of carbonyl (C=O) groups excluding carboxylic acids is 1. The van der Waals surface area contributed by atoms with Crippen LogP contribution in [0.15, 0.2) is 40.5 Å². The first-order valence-corrected chi connectivity index (χ1v) is 8.07. The average molecular weight is 318 g/mol. The van der Waals surface area contributed by atoms with E-state index in [2.05, 4.69) is 33.8 Å². The summed E-state index contributed by atoms with van der Waals surface area (Å²) in [7, 11) is 0. The summed E-state index contributed by atoms with van der Waals surface area (Å²) in [5.74, 6) is 0.0979. The van der Waals surface area contributed by atoms with Gasteiger partial charge in [-0.05, 0) is 43.0 Å². The molecule has 0 spiro atoms. The van der Waals surface area contributed by atoms with Gasteiger partial charge in [0.15, 0.2) is 5.78 Å². The lowest BCUT2D eigenvalue weighted by Gasteiger charge is -2.37. The molecule has 0 amide bonds. The summed E-state index contributed by atoms with van der Waals surface area (Å²) in [5.41, 5.74) is 10.8. The highest BCUT2D eigenvalue weighted by Gasteiger charge is 2.37. The first-order valence-electron chi connectivity index (χ1n) is 7.70. The van der Waals surface area contributed by atoms with E-state index >= 15 is 0 Å². The van der Waals surface area contributed by atoms with Crippen molar-refractivity contribution in [3.05, 3.63) is 51.6 Å². The summed E-state index contributed by atoms with van der Waals surface area (Å²) < 4.78 is 0. The number of hydrogen-bond acceptors (Lipinski definition) is 2. The summed E-state index contributed by atoms with van der Waals surface area (Å²) >= 11 is 6.11. The van der Waals surface area contributed by atoms with E-state index in [0.29, 0.717) is 5.03 Å². The van der Waals surface area contributed by atoms with E-state index in [0.717, 1.165) is 28.8 Å². The average Bonchev–Trinajstić information content (AvgIpc) is 2.46. The van der Waals surface area contributed by atoms with Gasteiger partial charge >= 0.3 is 0 Å². The van der Waals surface area contributed by atoms with Crippen molar-refractivity contribution in [2.24, 2.45) is 5.92 Å². The Morgan fingerprint density at radius 3 is 2.50 bits per heavy atom. The Balaban J connectivity index is 2.65.